The van der Waals surface area contributed by atoms with E-state index in [1.165, 1.54) is 12.8 Å². The number of hydrogen-bond donors (Lipinski definition) is 1. The van der Waals surface area contributed by atoms with Crippen molar-refractivity contribution < 1.29 is 9.59 Å². The van der Waals surface area contributed by atoms with Crippen LogP contribution in [0.4, 0.5) is 0 Å². The van der Waals surface area contributed by atoms with Crippen molar-refractivity contribution in [3.8, 4) is 0 Å². The molecule has 136 valence electrons. The van der Waals surface area contributed by atoms with Crippen LogP contribution in [0.15, 0.2) is 42.5 Å². The lowest BCUT2D eigenvalue weighted by molar-refractivity contribution is -0.127. The predicted octanol–water partition coefficient (Wildman–Crippen LogP) is 3.75. The van der Waals surface area contributed by atoms with Crippen molar-refractivity contribution in [3.05, 3.63) is 48.0 Å². The second kappa shape index (κ2) is 7.48. The summed E-state index contributed by atoms with van der Waals surface area (Å²) in [6, 6.07) is 14.2. The van der Waals surface area contributed by atoms with Crippen molar-refractivity contribution in [3.63, 3.8) is 0 Å². The van der Waals surface area contributed by atoms with Gasteiger partial charge < -0.3 is 10.2 Å². The number of likely N-dealkylation sites (tertiary alicyclic amines) is 1. The number of nitrogens with one attached hydrogen (secondary N) is 1. The molecule has 1 saturated heterocycles. The maximum absolute atomic E-state index is 13.1. The number of rotatable bonds is 3. The lowest BCUT2D eigenvalue weighted by Crippen LogP contribution is -2.47. The van der Waals surface area contributed by atoms with Crippen molar-refractivity contribution in [2.75, 3.05) is 13.1 Å². The monoisotopic (exact) mass is 350 g/mol. The molecule has 1 aliphatic heterocycles. The predicted molar refractivity (Wildman–Crippen MR) is 103 cm³/mol. The zero-order chi connectivity index (χ0) is 17.9. The summed E-state index contributed by atoms with van der Waals surface area (Å²) in [5, 5.41) is 5.26. The highest BCUT2D eigenvalue weighted by Gasteiger charge is 2.30. The third-order valence-corrected chi connectivity index (χ3v) is 5.80. The molecule has 1 atom stereocenters. The van der Waals surface area contributed by atoms with Gasteiger partial charge in [0.05, 0.1) is 5.92 Å². The minimum Gasteiger partial charge on any atom is -0.353 e. The second-order valence-corrected chi connectivity index (χ2v) is 7.61. The zero-order valence-electron chi connectivity index (χ0n) is 15.1. The van der Waals surface area contributed by atoms with Gasteiger partial charge in [0.25, 0.3) is 5.91 Å². The Kier molecular flexibility index (Phi) is 4.91. The molecule has 2 amide bonds. The molecule has 0 aromatic heterocycles. The van der Waals surface area contributed by atoms with Gasteiger partial charge in [-0.3, -0.25) is 9.59 Å². The average Bonchev–Trinajstić information content (AvgIpc) is 3.20. The summed E-state index contributed by atoms with van der Waals surface area (Å²) >= 11 is 0. The van der Waals surface area contributed by atoms with E-state index in [4.69, 9.17) is 0 Å². The van der Waals surface area contributed by atoms with E-state index >= 15 is 0 Å². The van der Waals surface area contributed by atoms with E-state index in [9.17, 15) is 9.59 Å². The average molecular weight is 350 g/mol. The third kappa shape index (κ3) is 3.46. The van der Waals surface area contributed by atoms with Crippen molar-refractivity contribution in [2.45, 2.75) is 44.6 Å². The van der Waals surface area contributed by atoms with Crippen molar-refractivity contribution in [1.29, 1.82) is 0 Å². The van der Waals surface area contributed by atoms with Crippen LogP contribution in [0.25, 0.3) is 10.8 Å². The van der Waals surface area contributed by atoms with Crippen LogP contribution in [-0.2, 0) is 4.79 Å². The number of carbonyl (C=O) groups excluding carboxylic acids is 2. The fraction of sp³-hybridized carbons (Fsp3) is 0.455. The summed E-state index contributed by atoms with van der Waals surface area (Å²) < 4.78 is 0. The number of nitrogens with zero attached hydrogens (tertiary/aromatic N) is 1. The molecule has 2 aromatic rings. The Balaban J connectivity index is 1.48. The van der Waals surface area contributed by atoms with Crippen molar-refractivity contribution in [2.24, 2.45) is 5.92 Å². The van der Waals surface area contributed by atoms with Crippen LogP contribution in [0, 0.1) is 5.92 Å². The van der Waals surface area contributed by atoms with Crippen LogP contribution in [-0.4, -0.2) is 35.8 Å². The fourth-order valence-corrected chi connectivity index (χ4v) is 4.35. The molecule has 1 N–H and O–H groups in total. The molecule has 2 aromatic carbocycles. The summed E-state index contributed by atoms with van der Waals surface area (Å²) in [5.74, 6) is 0.0933. The Bertz CT molecular complexity index is 805. The molecule has 2 aliphatic rings. The zero-order valence-corrected chi connectivity index (χ0v) is 15.1. The normalized spacial score (nSPS) is 21.1. The molecule has 0 bridgehead atoms. The summed E-state index contributed by atoms with van der Waals surface area (Å²) in [6.07, 6.45) is 6.37. The van der Waals surface area contributed by atoms with Gasteiger partial charge in [-0.15, -0.1) is 0 Å². The van der Waals surface area contributed by atoms with Gasteiger partial charge in [0.2, 0.25) is 5.91 Å². The Morgan fingerprint density at radius 3 is 2.54 bits per heavy atom. The number of hydrogen-bond acceptors (Lipinski definition) is 2. The third-order valence-electron chi connectivity index (χ3n) is 5.80. The van der Waals surface area contributed by atoms with E-state index in [2.05, 4.69) is 5.32 Å². The molecule has 1 heterocycles. The van der Waals surface area contributed by atoms with E-state index < -0.39 is 0 Å². The summed E-state index contributed by atoms with van der Waals surface area (Å²) in [4.78, 5) is 27.6. The maximum atomic E-state index is 13.1. The molecular weight excluding hydrogens is 324 g/mol. The maximum Gasteiger partial charge on any atom is 0.254 e. The number of benzene rings is 2. The Hall–Kier alpha value is -2.36. The highest BCUT2D eigenvalue weighted by atomic mass is 16.2. The van der Waals surface area contributed by atoms with Crippen LogP contribution in [0.3, 0.4) is 0 Å². The molecule has 0 radical (unpaired) electrons. The first-order valence-corrected chi connectivity index (χ1v) is 9.80. The van der Waals surface area contributed by atoms with Gasteiger partial charge in [-0.25, -0.2) is 0 Å². The standard InChI is InChI=1S/C22H26N2O2/c25-21(23-18-10-2-3-11-18)17-9-6-14-24(15-17)22(26)20-13-5-8-16-7-1-4-12-19(16)20/h1,4-5,7-8,12-13,17-18H,2-3,6,9-11,14-15H2,(H,23,25). The molecule has 4 nitrogen and oxygen atoms in total. The first-order valence-electron chi connectivity index (χ1n) is 9.80. The topological polar surface area (TPSA) is 49.4 Å². The first-order chi connectivity index (χ1) is 12.7. The van der Waals surface area contributed by atoms with Gasteiger partial charge in [0.1, 0.15) is 0 Å². The van der Waals surface area contributed by atoms with E-state index in [-0.39, 0.29) is 17.7 Å². The number of carbonyl (C=O) groups is 2. The number of amides is 2. The Labute approximate surface area is 154 Å². The van der Waals surface area contributed by atoms with Crippen LogP contribution in [0.5, 0.6) is 0 Å². The van der Waals surface area contributed by atoms with E-state index in [0.717, 1.165) is 48.6 Å². The molecule has 1 unspecified atom stereocenters. The fourth-order valence-electron chi connectivity index (χ4n) is 4.35. The summed E-state index contributed by atoms with van der Waals surface area (Å²) in [5.41, 5.74) is 0.736. The van der Waals surface area contributed by atoms with Gasteiger partial charge >= 0.3 is 0 Å². The molecule has 4 heteroatoms. The number of fused-ring (bicyclic) bond motifs is 1. The lowest BCUT2D eigenvalue weighted by Gasteiger charge is -2.33. The molecule has 2 fully saturated rings. The molecule has 1 saturated carbocycles. The largest absolute Gasteiger partial charge is 0.353 e. The van der Waals surface area contributed by atoms with E-state index in [0.29, 0.717) is 12.6 Å². The van der Waals surface area contributed by atoms with Crippen molar-refractivity contribution in [1.82, 2.24) is 10.2 Å². The second-order valence-electron chi connectivity index (χ2n) is 7.61. The highest BCUT2D eigenvalue weighted by Crippen LogP contribution is 2.24. The Morgan fingerprint density at radius 1 is 0.923 bits per heavy atom. The SMILES string of the molecule is O=C(NC1CCCC1)C1CCCN(C(=O)c2cccc3ccccc23)C1. The molecule has 26 heavy (non-hydrogen) atoms. The van der Waals surface area contributed by atoms with Gasteiger partial charge in [0, 0.05) is 24.7 Å². The smallest absolute Gasteiger partial charge is 0.254 e. The summed E-state index contributed by atoms with van der Waals surface area (Å²) in [7, 11) is 0. The first kappa shape index (κ1) is 17.1. The Morgan fingerprint density at radius 2 is 1.69 bits per heavy atom. The minimum absolute atomic E-state index is 0.0418. The van der Waals surface area contributed by atoms with Crippen LogP contribution in [0.2, 0.25) is 0 Å². The van der Waals surface area contributed by atoms with E-state index in [1.807, 2.05) is 47.4 Å². The summed E-state index contributed by atoms with van der Waals surface area (Å²) in [6.45, 7) is 1.26. The van der Waals surface area contributed by atoms with Gasteiger partial charge in [-0.05, 0) is 42.5 Å². The van der Waals surface area contributed by atoms with Crippen LogP contribution >= 0.6 is 0 Å². The van der Waals surface area contributed by atoms with Gasteiger partial charge in [-0.1, -0.05) is 49.2 Å². The van der Waals surface area contributed by atoms with Gasteiger partial charge in [0.15, 0.2) is 0 Å². The highest BCUT2D eigenvalue weighted by molar-refractivity contribution is 6.07. The van der Waals surface area contributed by atoms with Crippen molar-refractivity contribution >= 4 is 22.6 Å². The van der Waals surface area contributed by atoms with Gasteiger partial charge in [-0.2, -0.15) is 0 Å². The van der Waals surface area contributed by atoms with Crippen LogP contribution in [0.1, 0.15) is 48.9 Å². The molecule has 1 aliphatic carbocycles. The van der Waals surface area contributed by atoms with Crippen LogP contribution < -0.4 is 5.32 Å². The molecule has 4 rings (SSSR count). The minimum atomic E-state index is -0.0803. The quantitative estimate of drug-likeness (QED) is 0.916. The van der Waals surface area contributed by atoms with E-state index in [1.54, 1.807) is 0 Å². The number of piperidine rings is 1. The molecule has 0 spiro atoms. The molecular formula is C22H26N2O2. The lowest BCUT2D eigenvalue weighted by atomic mass is 9.95.